The van der Waals surface area contributed by atoms with E-state index in [9.17, 15) is 14.9 Å². The molecular formula is C20H16N4O3. The van der Waals surface area contributed by atoms with Gasteiger partial charge in [-0.1, -0.05) is 60.7 Å². The van der Waals surface area contributed by atoms with E-state index in [0.29, 0.717) is 24.3 Å². The van der Waals surface area contributed by atoms with Crippen LogP contribution in [0.25, 0.3) is 11.2 Å². The van der Waals surface area contributed by atoms with E-state index in [1.54, 1.807) is 10.6 Å². The minimum Gasteiger partial charge on any atom is -0.358 e. The van der Waals surface area contributed by atoms with Crippen molar-refractivity contribution in [3.05, 3.63) is 105 Å². The Hall–Kier alpha value is -3.74. The zero-order chi connectivity index (χ0) is 18.8. The second kappa shape index (κ2) is 6.87. The second-order valence-corrected chi connectivity index (χ2v) is 6.20. The molecule has 0 unspecified atom stereocenters. The number of aromatic nitrogens is 3. The smallest absolute Gasteiger partial charge is 0.358 e. The Kier molecular flexibility index (Phi) is 4.25. The number of benzene rings is 2. The van der Waals surface area contributed by atoms with Gasteiger partial charge < -0.3 is 10.1 Å². The summed E-state index contributed by atoms with van der Waals surface area (Å²) < 4.78 is 3.09. The first-order valence-corrected chi connectivity index (χ1v) is 8.46. The number of hydrogen-bond donors (Lipinski definition) is 0. The molecule has 7 heteroatoms. The van der Waals surface area contributed by atoms with Crippen LogP contribution in [-0.2, 0) is 13.1 Å². The van der Waals surface area contributed by atoms with Gasteiger partial charge in [0.25, 0.3) is 5.65 Å². The molecule has 0 amide bonds. The normalized spacial score (nSPS) is 11.0. The summed E-state index contributed by atoms with van der Waals surface area (Å²) in [7, 11) is 0. The van der Waals surface area contributed by atoms with E-state index < -0.39 is 4.92 Å². The van der Waals surface area contributed by atoms with Gasteiger partial charge >= 0.3 is 11.5 Å². The highest BCUT2D eigenvalue weighted by molar-refractivity contribution is 5.73. The number of nitrogens with zero attached hydrogens (tertiary/aromatic N) is 4. The van der Waals surface area contributed by atoms with Crippen LogP contribution >= 0.6 is 0 Å². The lowest BCUT2D eigenvalue weighted by atomic mass is 10.2. The fourth-order valence-corrected chi connectivity index (χ4v) is 3.11. The molecule has 2 aromatic carbocycles. The summed E-state index contributed by atoms with van der Waals surface area (Å²) >= 11 is 0. The topological polar surface area (TPSA) is 83.0 Å². The van der Waals surface area contributed by atoms with Gasteiger partial charge in [0.15, 0.2) is 0 Å². The number of fused-ring (bicyclic) bond motifs is 1. The summed E-state index contributed by atoms with van der Waals surface area (Å²) in [6.45, 7) is 0.670. The van der Waals surface area contributed by atoms with Gasteiger partial charge in [0, 0.05) is 6.07 Å². The van der Waals surface area contributed by atoms with Gasteiger partial charge in [-0.15, -0.1) is 0 Å². The van der Waals surface area contributed by atoms with Crippen LogP contribution in [0.1, 0.15) is 11.1 Å². The quantitative estimate of drug-likeness (QED) is 0.404. The summed E-state index contributed by atoms with van der Waals surface area (Å²) in [5.41, 5.74) is 2.54. The van der Waals surface area contributed by atoms with Crippen LogP contribution in [0, 0.1) is 10.1 Å². The molecule has 0 spiro atoms. The standard InChI is InChI=1S/C20H16N4O3/c25-20-22(13-15-7-3-1-4-8-15)17-11-12-18(24(26)27)21-19(17)23(20)14-16-9-5-2-6-10-16/h1-12H,13-14H2. The van der Waals surface area contributed by atoms with Crippen LogP contribution in [0.5, 0.6) is 0 Å². The molecule has 0 atom stereocenters. The lowest BCUT2D eigenvalue weighted by Gasteiger charge is -2.03. The number of pyridine rings is 1. The maximum Gasteiger partial charge on any atom is 0.366 e. The van der Waals surface area contributed by atoms with Gasteiger partial charge in [0.05, 0.1) is 13.1 Å². The minimum absolute atomic E-state index is 0.245. The molecule has 4 rings (SSSR count). The lowest BCUT2D eigenvalue weighted by molar-refractivity contribution is -0.389. The average molecular weight is 360 g/mol. The molecule has 0 aliphatic heterocycles. The van der Waals surface area contributed by atoms with Crippen LogP contribution in [0.3, 0.4) is 0 Å². The van der Waals surface area contributed by atoms with Gasteiger partial charge in [-0.05, 0) is 27.1 Å². The first-order valence-electron chi connectivity index (χ1n) is 8.46. The SMILES string of the molecule is O=c1n(Cc2ccccc2)c2ccc([N+](=O)[O-])nc2n1Cc1ccccc1. The Labute approximate surface area is 154 Å². The highest BCUT2D eigenvalue weighted by atomic mass is 16.6. The van der Waals surface area contributed by atoms with E-state index >= 15 is 0 Å². The van der Waals surface area contributed by atoms with Crippen LogP contribution < -0.4 is 5.69 Å². The van der Waals surface area contributed by atoms with Crippen molar-refractivity contribution in [1.82, 2.24) is 14.1 Å². The Morgan fingerprint density at radius 2 is 1.37 bits per heavy atom. The lowest BCUT2D eigenvalue weighted by Crippen LogP contribution is -2.25. The molecule has 0 bridgehead atoms. The van der Waals surface area contributed by atoms with E-state index in [1.165, 1.54) is 10.6 Å². The highest BCUT2D eigenvalue weighted by Gasteiger charge is 2.21. The minimum atomic E-state index is -0.550. The van der Waals surface area contributed by atoms with E-state index in [1.807, 2.05) is 60.7 Å². The molecule has 27 heavy (non-hydrogen) atoms. The van der Waals surface area contributed by atoms with Crippen molar-refractivity contribution in [1.29, 1.82) is 0 Å². The molecule has 0 aliphatic rings. The van der Waals surface area contributed by atoms with Crippen LogP contribution in [-0.4, -0.2) is 19.0 Å². The van der Waals surface area contributed by atoms with Gasteiger partial charge in [0.2, 0.25) is 0 Å². The van der Waals surface area contributed by atoms with E-state index in [4.69, 9.17) is 0 Å². The Morgan fingerprint density at radius 1 is 0.815 bits per heavy atom. The third-order valence-corrected chi connectivity index (χ3v) is 4.40. The van der Waals surface area contributed by atoms with E-state index in [-0.39, 0.29) is 11.5 Å². The summed E-state index contributed by atoms with van der Waals surface area (Å²) in [6, 6.07) is 22.0. The molecule has 0 fully saturated rings. The summed E-state index contributed by atoms with van der Waals surface area (Å²) in [5, 5.41) is 11.1. The molecule has 2 heterocycles. The first-order chi connectivity index (χ1) is 13.1. The zero-order valence-corrected chi connectivity index (χ0v) is 14.4. The molecule has 4 aromatic rings. The van der Waals surface area contributed by atoms with Crippen molar-refractivity contribution in [2.75, 3.05) is 0 Å². The first kappa shape index (κ1) is 16.7. The predicted molar refractivity (Wildman–Crippen MR) is 102 cm³/mol. The van der Waals surface area contributed by atoms with Gasteiger partial charge in [-0.3, -0.25) is 9.13 Å². The fourth-order valence-electron chi connectivity index (χ4n) is 3.11. The average Bonchev–Trinajstić information content (AvgIpc) is 2.95. The van der Waals surface area contributed by atoms with E-state index in [2.05, 4.69) is 4.98 Å². The Morgan fingerprint density at radius 3 is 1.93 bits per heavy atom. The van der Waals surface area contributed by atoms with Crippen molar-refractivity contribution in [2.45, 2.75) is 13.1 Å². The van der Waals surface area contributed by atoms with Gasteiger partial charge in [0.1, 0.15) is 5.52 Å². The Balaban J connectivity index is 1.89. The number of rotatable bonds is 5. The van der Waals surface area contributed by atoms with Crippen molar-refractivity contribution in [2.24, 2.45) is 0 Å². The molecule has 2 aromatic heterocycles. The fraction of sp³-hybridized carbons (Fsp3) is 0.100. The molecule has 0 radical (unpaired) electrons. The van der Waals surface area contributed by atoms with Crippen molar-refractivity contribution in [3.63, 3.8) is 0 Å². The monoisotopic (exact) mass is 360 g/mol. The molecule has 0 aliphatic carbocycles. The number of hydrogen-bond acceptors (Lipinski definition) is 4. The van der Waals surface area contributed by atoms with Crippen LogP contribution in [0.2, 0.25) is 0 Å². The van der Waals surface area contributed by atoms with Gasteiger partial charge in [-0.25, -0.2) is 4.79 Å². The van der Waals surface area contributed by atoms with E-state index in [0.717, 1.165) is 11.1 Å². The second-order valence-electron chi connectivity index (χ2n) is 6.20. The Bertz CT molecular complexity index is 1160. The third kappa shape index (κ3) is 3.22. The molecule has 7 nitrogen and oxygen atoms in total. The molecule has 0 N–H and O–H groups in total. The van der Waals surface area contributed by atoms with Crippen LogP contribution in [0.15, 0.2) is 77.6 Å². The molecular weight excluding hydrogens is 344 g/mol. The molecule has 0 saturated carbocycles. The predicted octanol–water partition coefficient (Wildman–Crippen LogP) is 3.20. The number of imidazole rings is 1. The van der Waals surface area contributed by atoms with Gasteiger partial charge in [-0.2, -0.15) is 0 Å². The largest absolute Gasteiger partial charge is 0.366 e. The maximum absolute atomic E-state index is 13.1. The van der Waals surface area contributed by atoms with Crippen LogP contribution in [0.4, 0.5) is 5.82 Å². The third-order valence-electron chi connectivity index (χ3n) is 4.40. The van der Waals surface area contributed by atoms with Crippen molar-refractivity contribution in [3.8, 4) is 0 Å². The van der Waals surface area contributed by atoms with Crippen molar-refractivity contribution >= 4 is 17.0 Å². The maximum atomic E-state index is 13.1. The summed E-state index contributed by atoms with van der Waals surface area (Å²) in [4.78, 5) is 27.8. The van der Waals surface area contributed by atoms with Crippen molar-refractivity contribution < 1.29 is 4.92 Å². The summed E-state index contributed by atoms with van der Waals surface area (Å²) in [6.07, 6.45) is 0. The molecule has 0 saturated heterocycles. The number of nitro groups is 1. The zero-order valence-electron chi connectivity index (χ0n) is 14.4. The molecule has 134 valence electrons. The summed E-state index contributed by atoms with van der Waals surface area (Å²) in [5.74, 6) is -0.277. The highest BCUT2D eigenvalue weighted by Crippen LogP contribution is 2.18.